The lowest BCUT2D eigenvalue weighted by atomic mass is 10.0. The van der Waals surface area contributed by atoms with Crippen molar-refractivity contribution in [3.63, 3.8) is 0 Å². The molecule has 0 aliphatic carbocycles. The van der Waals surface area contributed by atoms with Gasteiger partial charge in [0, 0.05) is 19.3 Å². The Bertz CT molecular complexity index is 1130. The summed E-state index contributed by atoms with van der Waals surface area (Å²) in [5.74, 6) is -0.843. The van der Waals surface area contributed by atoms with Crippen LogP contribution in [0.2, 0.25) is 0 Å². The normalized spacial score (nSPS) is 12.1. The van der Waals surface area contributed by atoms with Crippen LogP contribution >= 0.6 is 0 Å². The van der Waals surface area contributed by atoms with E-state index in [9.17, 15) is 14.4 Å². The van der Waals surface area contributed by atoms with Crippen LogP contribution in [0.5, 0.6) is 0 Å². The second kappa shape index (κ2) is 59.5. The number of hydrogen-bond acceptors (Lipinski definition) is 6. The van der Waals surface area contributed by atoms with Crippen molar-refractivity contribution in [1.82, 2.24) is 0 Å². The van der Waals surface area contributed by atoms with E-state index < -0.39 is 6.10 Å². The van der Waals surface area contributed by atoms with E-state index in [-0.39, 0.29) is 31.1 Å². The number of unbranched alkanes of at least 4 members (excludes halogenated alkanes) is 43. The summed E-state index contributed by atoms with van der Waals surface area (Å²) >= 11 is 0. The molecule has 6 heteroatoms. The Morgan fingerprint density at radius 1 is 0.286 bits per heavy atom. The fourth-order valence-electron chi connectivity index (χ4n) is 9.48. The minimum absolute atomic E-state index is 0.0662. The van der Waals surface area contributed by atoms with Crippen molar-refractivity contribution in [2.24, 2.45) is 0 Å². The van der Waals surface area contributed by atoms with E-state index in [1.165, 1.54) is 244 Å². The minimum Gasteiger partial charge on any atom is -0.462 e. The van der Waals surface area contributed by atoms with Crippen molar-refractivity contribution in [1.29, 1.82) is 0 Å². The number of ether oxygens (including phenoxy) is 3. The van der Waals surface area contributed by atoms with Crippen LogP contribution in [0.1, 0.15) is 348 Å². The summed E-state index contributed by atoms with van der Waals surface area (Å²) < 4.78 is 16.9. The molecule has 0 aromatic rings. The maximum absolute atomic E-state index is 12.9. The van der Waals surface area contributed by atoms with Crippen LogP contribution in [0, 0.1) is 0 Å². The second-order valence-electron chi connectivity index (χ2n) is 21.3. The monoisotopic (exact) mass is 985 g/mol. The summed E-state index contributed by atoms with van der Waals surface area (Å²) in [5.41, 5.74) is 0. The molecule has 70 heavy (non-hydrogen) atoms. The number of hydrogen-bond donors (Lipinski definition) is 0. The molecule has 0 aromatic heterocycles. The van der Waals surface area contributed by atoms with Gasteiger partial charge >= 0.3 is 17.9 Å². The van der Waals surface area contributed by atoms with Crippen molar-refractivity contribution in [2.45, 2.75) is 354 Å². The van der Waals surface area contributed by atoms with Crippen LogP contribution in [0.15, 0.2) is 24.3 Å². The molecule has 0 fully saturated rings. The standard InChI is InChI=1S/C64H120O6/c1-4-7-10-13-16-19-22-25-28-31-32-34-36-39-42-45-48-51-54-57-63(66)69-60-61(59-68-62(65)56-53-50-47-44-41-38-35-30-27-24-21-18-15-12-9-6-3)70-64(67)58-55-52-49-46-43-40-37-33-29-26-23-20-17-14-11-8-5-2/h16,19,25,28,61H,4-15,17-18,20-24,26-27,29-60H2,1-3H3/b19-16-,28-25-/t61-/m1/s1. The third-order valence-electron chi connectivity index (χ3n) is 14.2. The average Bonchev–Trinajstić information content (AvgIpc) is 3.36. The first kappa shape index (κ1) is 67.9. The molecule has 0 heterocycles. The second-order valence-corrected chi connectivity index (χ2v) is 21.3. The summed E-state index contributed by atoms with van der Waals surface area (Å²) in [6.45, 7) is 6.68. The first-order chi connectivity index (χ1) is 34.5. The largest absolute Gasteiger partial charge is 0.462 e. The van der Waals surface area contributed by atoms with Gasteiger partial charge in [-0.05, 0) is 51.4 Å². The zero-order chi connectivity index (χ0) is 50.7. The SMILES string of the molecule is CCCCC/C=C\C/C=C\CCCCCCCCCCCC(=O)OC[C@@H](COC(=O)CCCCCCCCCCCCCCCCCC)OC(=O)CCCCCCCCCCCCCCCCCCC. The predicted octanol–water partition coefficient (Wildman–Crippen LogP) is 21.1. The Labute approximate surface area is 436 Å². The Balaban J connectivity index is 4.32. The molecule has 1 atom stereocenters. The van der Waals surface area contributed by atoms with Gasteiger partial charge in [0.15, 0.2) is 6.10 Å². The van der Waals surface area contributed by atoms with Crippen molar-refractivity contribution >= 4 is 17.9 Å². The lowest BCUT2D eigenvalue weighted by Crippen LogP contribution is -2.30. The molecule has 0 amide bonds. The maximum atomic E-state index is 12.9. The number of rotatable bonds is 58. The van der Waals surface area contributed by atoms with Gasteiger partial charge in [-0.15, -0.1) is 0 Å². The summed E-state index contributed by atoms with van der Waals surface area (Å²) in [4.78, 5) is 38.3. The Morgan fingerprint density at radius 3 is 0.814 bits per heavy atom. The topological polar surface area (TPSA) is 78.9 Å². The van der Waals surface area contributed by atoms with Crippen molar-refractivity contribution < 1.29 is 28.6 Å². The van der Waals surface area contributed by atoms with Crippen LogP contribution in [0.3, 0.4) is 0 Å². The molecule has 0 aliphatic rings. The lowest BCUT2D eigenvalue weighted by Gasteiger charge is -2.18. The summed E-state index contributed by atoms with van der Waals surface area (Å²) in [6, 6.07) is 0. The van der Waals surface area contributed by atoms with Gasteiger partial charge in [-0.1, -0.05) is 302 Å². The molecule has 0 bridgehead atoms. The molecule has 0 rings (SSSR count). The zero-order valence-electron chi connectivity index (χ0n) is 47.3. The van der Waals surface area contributed by atoms with Crippen molar-refractivity contribution in [3.05, 3.63) is 24.3 Å². The fourth-order valence-corrected chi connectivity index (χ4v) is 9.48. The van der Waals surface area contributed by atoms with Crippen molar-refractivity contribution in [2.75, 3.05) is 13.2 Å². The third kappa shape index (κ3) is 56.8. The van der Waals surface area contributed by atoms with Gasteiger partial charge in [0.25, 0.3) is 0 Å². The minimum atomic E-state index is -0.768. The lowest BCUT2D eigenvalue weighted by molar-refractivity contribution is -0.167. The molecule has 6 nitrogen and oxygen atoms in total. The summed E-state index contributed by atoms with van der Waals surface area (Å²) in [5, 5.41) is 0. The van der Waals surface area contributed by atoms with Crippen LogP contribution in [-0.2, 0) is 28.6 Å². The summed E-state index contributed by atoms with van der Waals surface area (Å²) in [7, 11) is 0. The average molecular weight is 986 g/mol. The number of carbonyl (C=O) groups excluding carboxylic acids is 3. The van der Waals surface area contributed by atoms with Gasteiger partial charge in [-0.25, -0.2) is 0 Å². The van der Waals surface area contributed by atoms with Crippen LogP contribution in [-0.4, -0.2) is 37.2 Å². The molecular weight excluding hydrogens is 865 g/mol. The van der Waals surface area contributed by atoms with Crippen molar-refractivity contribution in [3.8, 4) is 0 Å². The molecule has 0 N–H and O–H groups in total. The predicted molar refractivity (Wildman–Crippen MR) is 303 cm³/mol. The molecule has 0 aromatic carbocycles. The zero-order valence-corrected chi connectivity index (χ0v) is 47.3. The quantitative estimate of drug-likeness (QED) is 0.0261. The van der Waals surface area contributed by atoms with E-state index in [1.807, 2.05) is 0 Å². The van der Waals surface area contributed by atoms with E-state index in [1.54, 1.807) is 0 Å². The number of allylic oxidation sites excluding steroid dienone is 4. The molecular formula is C64H120O6. The van der Waals surface area contributed by atoms with E-state index in [0.717, 1.165) is 64.2 Å². The first-order valence-corrected chi connectivity index (χ1v) is 31.3. The number of esters is 3. The molecule has 0 saturated carbocycles. The molecule has 0 unspecified atom stereocenters. The van der Waals surface area contributed by atoms with E-state index in [4.69, 9.17) is 14.2 Å². The highest BCUT2D eigenvalue weighted by Gasteiger charge is 2.19. The molecule has 0 aliphatic heterocycles. The van der Waals surface area contributed by atoms with E-state index >= 15 is 0 Å². The Morgan fingerprint density at radius 2 is 0.514 bits per heavy atom. The number of carbonyl (C=O) groups is 3. The van der Waals surface area contributed by atoms with Crippen LogP contribution < -0.4 is 0 Å². The molecule has 0 radical (unpaired) electrons. The van der Waals surface area contributed by atoms with E-state index in [2.05, 4.69) is 45.1 Å². The molecule has 0 saturated heterocycles. The van der Waals surface area contributed by atoms with Gasteiger partial charge in [-0.2, -0.15) is 0 Å². The van der Waals surface area contributed by atoms with Crippen LogP contribution in [0.25, 0.3) is 0 Å². The van der Waals surface area contributed by atoms with Gasteiger partial charge in [0.1, 0.15) is 13.2 Å². The first-order valence-electron chi connectivity index (χ1n) is 31.3. The van der Waals surface area contributed by atoms with E-state index in [0.29, 0.717) is 19.3 Å². The van der Waals surface area contributed by atoms with Gasteiger partial charge in [0.05, 0.1) is 0 Å². The Hall–Kier alpha value is -2.11. The highest BCUT2D eigenvalue weighted by molar-refractivity contribution is 5.71. The summed E-state index contributed by atoms with van der Waals surface area (Å²) in [6.07, 6.45) is 70.3. The van der Waals surface area contributed by atoms with Crippen LogP contribution in [0.4, 0.5) is 0 Å². The Kier molecular flexibility index (Phi) is 57.7. The van der Waals surface area contributed by atoms with Gasteiger partial charge in [0.2, 0.25) is 0 Å². The maximum Gasteiger partial charge on any atom is 0.306 e. The van der Waals surface area contributed by atoms with Gasteiger partial charge in [-0.3, -0.25) is 14.4 Å². The highest BCUT2D eigenvalue weighted by atomic mass is 16.6. The smallest absolute Gasteiger partial charge is 0.306 e. The third-order valence-corrected chi connectivity index (χ3v) is 14.2. The highest BCUT2D eigenvalue weighted by Crippen LogP contribution is 2.18. The molecule has 412 valence electrons. The molecule has 0 spiro atoms. The van der Waals surface area contributed by atoms with Gasteiger partial charge < -0.3 is 14.2 Å². The fraction of sp³-hybridized carbons (Fsp3) is 0.891.